The van der Waals surface area contributed by atoms with Gasteiger partial charge in [0.15, 0.2) is 5.11 Å². The first-order chi connectivity index (χ1) is 12.4. The van der Waals surface area contributed by atoms with E-state index < -0.39 is 0 Å². The molecule has 6 heteroatoms. The van der Waals surface area contributed by atoms with Crippen LogP contribution in [-0.2, 0) is 9.53 Å². The van der Waals surface area contributed by atoms with E-state index in [-0.39, 0.29) is 12.0 Å². The van der Waals surface area contributed by atoms with E-state index in [2.05, 4.69) is 17.6 Å². The second-order valence-electron chi connectivity index (χ2n) is 6.75. The molecule has 0 bridgehead atoms. The van der Waals surface area contributed by atoms with Crippen molar-refractivity contribution in [1.29, 1.82) is 0 Å². The van der Waals surface area contributed by atoms with Gasteiger partial charge in [0.2, 0.25) is 0 Å². The number of carbonyl (C=O) groups excluding carboxylic acids is 1. The number of ether oxygens (including phenoxy) is 1. The van der Waals surface area contributed by atoms with Crippen molar-refractivity contribution in [2.24, 2.45) is 0 Å². The first-order valence-electron chi connectivity index (χ1n) is 9.16. The van der Waals surface area contributed by atoms with Gasteiger partial charge in [-0.1, -0.05) is 38.3 Å². The minimum atomic E-state index is -0.303. The number of hydrogen-bond acceptors (Lipinski definition) is 4. The third-order valence-corrected chi connectivity index (χ3v) is 4.68. The number of carbonyl (C=O) groups is 1. The maximum Gasteiger partial charge on any atom is 0.338 e. The van der Waals surface area contributed by atoms with Crippen LogP contribution in [-0.4, -0.2) is 31.8 Å². The van der Waals surface area contributed by atoms with E-state index in [4.69, 9.17) is 17.0 Å². The van der Waals surface area contributed by atoms with Crippen molar-refractivity contribution in [3.05, 3.63) is 41.1 Å². The molecule has 2 N–H and O–H groups in total. The van der Waals surface area contributed by atoms with E-state index in [1.807, 2.05) is 50.2 Å². The first kappa shape index (κ1) is 20.2. The van der Waals surface area contributed by atoms with Gasteiger partial charge in [0.25, 0.3) is 0 Å². The number of allylic oxidation sites excluding steroid dienone is 1. The average molecular weight is 376 g/mol. The Hall–Kier alpha value is -2.08. The number of hydrogen-bond donors (Lipinski definition) is 2. The van der Waals surface area contributed by atoms with Crippen LogP contribution < -0.4 is 15.5 Å². The molecule has 142 valence electrons. The predicted molar refractivity (Wildman–Crippen MR) is 110 cm³/mol. The van der Waals surface area contributed by atoms with E-state index >= 15 is 0 Å². The highest BCUT2D eigenvalue weighted by atomic mass is 32.1. The molecular formula is C20H29N3O2S. The van der Waals surface area contributed by atoms with Crippen molar-refractivity contribution in [3.8, 4) is 0 Å². The Labute approximate surface area is 161 Å². The summed E-state index contributed by atoms with van der Waals surface area (Å²) in [6, 6.07) is 7.80. The van der Waals surface area contributed by atoms with Crippen molar-refractivity contribution in [1.82, 2.24) is 10.6 Å². The number of anilines is 1. The van der Waals surface area contributed by atoms with Crippen LogP contribution in [0.4, 0.5) is 5.69 Å². The lowest BCUT2D eigenvalue weighted by molar-refractivity contribution is -0.139. The lowest BCUT2D eigenvalue weighted by Gasteiger charge is -2.30. The fourth-order valence-electron chi connectivity index (χ4n) is 2.95. The smallest absolute Gasteiger partial charge is 0.338 e. The summed E-state index contributed by atoms with van der Waals surface area (Å²) in [5.41, 5.74) is 3.42. The first-order valence-corrected chi connectivity index (χ1v) is 9.57. The van der Waals surface area contributed by atoms with Gasteiger partial charge in [0.1, 0.15) is 0 Å². The van der Waals surface area contributed by atoms with Gasteiger partial charge >= 0.3 is 5.97 Å². The van der Waals surface area contributed by atoms with Gasteiger partial charge < -0.3 is 20.3 Å². The molecular weight excluding hydrogens is 346 g/mol. The van der Waals surface area contributed by atoms with Crippen molar-refractivity contribution >= 4 is 29.0 Å². The molecule has 0 spiro atoms. The van der Waals surface area contributed by atoms with Gasteiger partial charge in [-0.05, 0) is 43.3 Å². The highest BCUT2D eigenvalue weighted by Gasteiger charge is 2.30. The summed E-state index contributed by atoms with van der Waals surface area (Å²) in [4.78, 5) is 14.7. The van der Waals surface area contributed by atoms with Gasteiger partial charge in [-0.25, -0.2) is 4.79 Å². The molecule has 0 aliphatic carbocycles. The van der Waals surface area contributed by atoms with Crippen LogP contribution in [0.3, 0.4) is 0 Å². The maximum atomic E-state index is 12.7. The summed E-state index contributed by atoms with van der Waals surface area (Å²) in [6.45, 7) is 4.48. The van der Waals surface area contributed by atoms with Crippen LogP contribution >= 0.6 is 12.2 Å². The molecule has 0 saturated heterocycles. The van der Waals surface area contributed by atoms with E-state index in [1.54, 1.807) is 0 Å². The van der Waals surface area contributed by atoms with E-state index in [9.17, 15) is 4.79 Å². The van der Waals surface area contributed by atoms with Gasteiger partial charge in [0, 0.05) is 25.5 Å². The second-order valence-corrected chi connectivity index (χ2v) is 7.16. The van der Waals surface area contributed by atoms with E-state index in [1.165, 1.54) is 0 Å². The summed E-state index contributed by atoms with van der Waals surface area (Å²) in [5, 5.41) is 6.76. The summed E-state index contributed by atoms with van der Waals surface area (Å²) in [6.07, 6.45) is 4.30. The molecule has 0 aromatic heterocycles. The Morgan fingerprint density at radius 3 is 2.50 bits per heavy atom. The molecule has 26 heavy (non-hydrogen) atoms. The van der Waals surface area contributed by atoms with Gasteiger partial charge in [0.05, 0.1) is 18.2 Å². The Bertz CT molecular complexity index is 668. The minimum Gasteiger partial charge on any atom is -0.462 e. The largest absolute Gasteiger partial charge is 0.462 e. The average Bonchev–Trinajstić information content (AvgIpc) is 2.60. The second kappa shape index (κ2) is 9.57. The van der Waals surface area contributed by atoms with Crippen molar-refractivity contribution in [3.63, 3.8) is 0 Å². The highest BCUT2D eigenvalue weighted by Crippen LogP contribution is 2.29. The van der Waals surface area contributed by atoms with E-state index in [0.717, 1.165) is 42.6 Å². The fourth-order valence-corrected chi connectivity index (χ4v) is 3.22. The Balaban J connectivity index is 2.15. The normalized spacial score (nSPS) is 16.8. The monoisotopic (exact) mass is 375 g/mol. The zero-order chi connectivity index (χ0) is 19.1. The van der Waals surface area contributed by atoms with Crippen LogP contribution in [0.1, 0.15) is 51.1 Å². The SMILES string of the molecule is CCCCCCOC(=O)C1=C(C)NC(=S)N[C@H]1c1ccc(N(C)C)cc1. The van der Waals surface area contributed by atoms with Crippen molar-refractivity contribution in [2.75, 3.05) is 25.6 Å². The number of esters is 1. The molecule has 0 saturated carbocycles. The molecule has 2 rings (SSSR count). The molecule has 0 radical (unpaired) electrons. The van der Waals surface area contributed by atoms with Gasteiger partial charge in [-0.2, -0.15) is 0 Å². The molecule has 1 aliphatic rings. The number of benzene rings is 1. The molecule has 0 unspecified atom stereocenters. The molecule has 0 amide bonds. The minimum absolute atomic E-state index is 0.289. The molecule has 1 atom stereocenters. The summed E-state index contributed by atoms with van der Waals surface area (Å²) >= 11 is 5.29. The third-order valence-electron chi connectivity index (χ3n) is 4.46. The van der Waals surface area contributed by atoms with Gasteiger partial charge in [-0.15, -0.1) is 0 Å². The Morgan fingerprint density at radius 1 is 1.19 bits per heavy atom. The predicted octanol–water partition coefficient (Wildman–Crippen LogP) is 3.67. The van der Waals surface area contributed by atoms with Crippen LogP contribution in [0.5, 0.6) is 0 Å². The highest BCUT2D eigenvalue weighted by molar-refractivity contribution is 7.80. The summed E-state index contributed by atoms with van der Waals surface area (Å²) in [5.74, 6) is -0.289. The topological polar surface area (TPSA) is 53.6 Å². The maximum absolute atomic E-state index is 12.7. The fraction of sp³-hybridized carbons (Fsp3) is 0.500. The molecule has 1 aromatic carbocycles. The lowest BCUT2D eigenvalue weighted by atomic mass is 9.95. The number of thiocarbonyl (C=S) groups is 1. The van der Waals surface area contributed by atoms with Crippen LogP contribution in [0.25, 0.3) is 0 Å². The van der Waals surface area contributed by atoms with Crippen molar-refractivity contribution < 1.29 is 9.53 Å². The number of unbranched alkanes of at least 4 members (excludes halogenated alkanes) is 3. The summed E-state index contributed by atoms with van der Waals surface area (Å²) in [7, 11) is 4.00. The Kier molecular flexibility index (Phi) is 7.45. The van der Waals surface area contributed by atoms with E-state index in [0.29, 0.717) is 17.3 Å². The van der Waals surface area contributed by atoms with Crippen molar-refractivity contribution in [2.45, 2.75) is 45.6 Å². The summed E-state index contributed by atoms with van der Waals surface area (Å²) < 4.78 is 5.52. The number of nitrogens with zero attached hydrogens (tertiary/aromatic N) is 1. The number of rotatable bonds is 8. The molecule has 1 aliphatic heterocycles. The lowest BCUT2D eigenvalue weighted by Crippen LogP contribution is -2.45. The third kappa shape index (κ3) is 5.21. The Morgan fingerprint density at radius 2 is 1.88 bits per heavy atom. The molecule has 1 aromatic rings. The van der Waals surface area contributed by atoms with Gasteiger partial charge in [-0.3, -0.25) is 0 Å². The van der Waals surface area contributed by atoms with Crippen LogP contribution in [0.15, 0.2) is 35.5 Å². The number of nitrogens with one attached hydrogen (secondary N) is 2. The molecule has 5 nitrogen and oxygen atoms in total. The molecule has 0 fully saturated rings. The van der Waals surface area contributed by atoms with Crippen LogP contribution in [0.2, 0.25) is 0 Å². The standard InChI is InChI=1S/C20H29N3O2S/c1-5-6-7-8-13-25-19(24)17-14(2)21-20(26)22-18(17)15-9-11-16(12-10-15)23(3)4/h9-12,18H,5-8,13H2,1-4H3,(H2,21,22,26)/t18-/m0/s1. The van der Waals surface area contributed by atoms with Crippen LogP contribution in [0, 0.1) is 0 Å². The zero-order valence-corrected chi connectivity index (χ0v) is 16.9. The quantitative estimate of drug-likeness (QED) is 0.411. The zero-order valence-electron chi connectivity index (χ0n) is 16.1. The molecule has 1 heterocycles.